The molecular formula is C25H32N2O3S. The molecule has 2 amide bonds. The molecule has 0 bridgehead atoms. The molecule has 0 radical (unpaired) electrons. The molecule has 5 nitrogen and oxygen atoms in total. The second-order valence-corrected chi connectivity index (χ2v) is 7.65. The van der Waals surface area contributed by atoms with Crippen LogP contribution in [0.1, 0.15) is 32.3 Å². The van der Waals surface area contributed by atoms with Crippen molar-refractivity contribution in [3.05, 3.63) is 83.6 Å². The molecule has 0 saturated heterocycles. The predicted octanol–water partition coefficient (Wildman–Crippen LogP) is 5.34. The number of carbonyl (C=O) groups excluding carboxylic acids is 2. The van der Waals surface area contributed by atoms with Crippen LogP contribution in [0.5, 0.6) is 0 Å². The summed E-state index contributed by atoms with van der Waals surface area (Å²) in [5, 5.41) is 2.68. The van der Waals surface area contributed by atoms with E-state index in [0.717, 1.165) is 40.5 Å². The third-order valence-electron chi connectivity index (χ3n) is 4.07. The van der Waals surface area contributed by atoms with E-state index < -0.39 is 5.91 Å². The van der Waals surface area contributed by atoms with Gasteiger partial charge in [-0.25, -0.2) is 0 Å². The van der Waals surface area contributed by atoms with Gasteiger partial charge in [0.15, 0.2) is 0 Å². The van der Waals surface area contributed by atoms with E-state index in [0.29, 0.717) is 18.4 Å². The number of allylic oxidation sites excluding steroid dienone is 2. The molecule has 0 heterocycles. The van der Waals surface area contributed by atoms with Gasteiger partial charge in [-0.15, -0.1) is 11.8 Å². The first-order valence-electron chi connectivity index (χ1n) is 10.3. The molecule has 3 N–H and O–H groups in total. The minimum absolute atomic E-state index is 0.431. The van der Waals surface area contributed by atoms with Crippen molar-refractivity contribution >= 4 is 29.8 Å². The second-order valence-electron chi connectivity index (χ2n) is 6.52. The summed E-state index contributed by atoms with van der Waals surface area (Å²) in [4.78, 5) is 22.7. The van der Waals surface area contributed by atoms with Crippen LogP contribution in [0.3, 0.4) is 0 Å². The number of carbonyl (C=O) groups is 2. The lowest BCUT2D eigenvalue weighted by molar-refractivity contribution is -0.114. The van der Waals surface area contributed by atoms with Crippen molar-refractivity contribution in [3.8, 4) is 0 Å². The Morgan fingerprint density at radius 2 is 1.77 bits per heavy atom. The van der Waals surface area contributed by atoms with Crippen LogP contribution in [0.4, 0.5) is 5.69 Å². The lowest BCUT2D eigenvalue weighted by Crippen LogP contribution is -2.13. The zero-order valence-corrected chi connectivity index (χ0v) is 19.3. The first kappa shape index (κ1) is 26.0. The molecular weight excluding hydrogens is 408 g/mol. The van der Waals surface area contributed by atoms with Gasteiger partial charge in [-0.2, -0.15) is 0 Å². The number of nitrogens with two attached hydrogens (primary N) is 1. The molecule has 0 aliphatic carbocycles. The minimum atomic E-state index is -0.431. The van der Waals surface area contributed by atoms with Crippen molar-refractivity contribution in [1.82, 2.24) is 0 Å². The zero-order valence-electron chi connectivity index (χ0n) is 18.5. The largest absolute Gasteiger partial charge is 0.501 e. The van der Waals surface area contributed by atoms with Crippen LogP contribution in [0.15, 0.2) is 83.0 Å². The molecule has 0 fully saturated rings. The predicted molar refractivity (Wildman–Crippen MR) is 130 cm³/mol. The highest BCUT2D eigenvalue weighted by Gasteiger charge is 2.05. The first-order chi connectivity index (χ1) is 15.0. The van der Waals surface area contributed by atoms with E-state index in [-0.39, 0.29) is 0 Å². The average molecular weight is 441 g/mol. The number of rotatable bonds is 11. The fourth-order valence-electron chi connectivity index (χ4n) is 2.59. The lowest BCUT2D eigenvalue weighted by atomic mass is 10.1. The quantitative estimate of drug-likeness (QED) is 0.162. The van der Waals surface area contributed by atoms with Crippen molar-refractivity contribution in [2.75, 3.05) is 18.2 Å². The van der Waals surface area contributed by atoms with E-state index in [9.17, 15) is 9.59 Å². The Morgan fingerprint density at radius 1 is 1.10 bits per heavy atom. The molecule has 166 valence electrons. The maximum atomic E-state index is 11.2. The van der Waals surface area contributed by atoms with Crippen LogP contribution in [-0.2, 0) is 20.7 Å². The third kappa shape index (κ3) is 10.6. The Labute approximate surface area is 189 Å². The molecule has 0 atom stereocenters. The molecule has 0 aliphatic heterocycles. The maximum absolute atomic E-state index is 11.2. The Balaban J connectivity index is 0.000000327. The Hall–Kier alpha value is -2.99. The molecule has 2 aromatic rings. The Kier molecular flexibility index (Phi) is 13.3. The lowest BCUT2D eigenvalue weighted by Gasteiger charge is -2.07. The monoisotopic (exact) mass is 440 g/mol. The van der Waals surface area contributed by atoms with E-state index >= 15 is 0 Å². The number of thioether (sulfide) groups is 1. The van der Waals surface area contributed by atoms with Crippen molar-refractivity contribution in [2.24, 2.45) is 5.73 Å². The zero-order chi connectivity index (χ0) is 22.9. The fourth-order valence-corrected chi connectivity index (χ4v) is 3.47. The van der Waals surface area contributed by atoms with E-state index in [4.69, 9.17) is 10.5 Å². The van der Waals surface area contributed by atoms with Crippen LogP contribution in [0.2, 0.25) is 0 Å². The smallest absolute Gasteiger partial charge is 0.248 e. The van der Waals surface area contributed by atoms with E-state index in [1.165, 1.54) is 0 Å². The van der Waals surface area contributed by atoms with Crippen molar-refractivity contribution in [1.29, 1.82) is 0 Å². The molecule has 0 aromatic heterocycles. The minimum Gasteiger partial charge on any atom is -0.501 e. The van der Waals surface area contributed by atoms with Gasteiger partial charge in [-0.05, 0) is 42.4 Å². The summed E-state index contributed by atoms with van der Waals surface area (Å²) in [6, 6.07) is 17.8. The molecule has 0 saturated carbocycles. The van der Waals surface area contributed by atoms with Crippen LogP contribution in [-0.4, -0.2) is 25.2 Å². The Bertz CT molecular complexity index is 864. The summed E-state index contributed by atoms with van der Waals surface area (Å²) in [7, 11) is 1.60. The Morgan fingerprint density at radius 3 is 2.35 bits per heavy atom. The third-order valence-corrected chi connectivity index (χ3v) is 5.35. The number of ether oxygens (including phenoxy) is 1. The van der Waals surface area contributed by atoms with Gasteiger partial charge < -0.3 is 15.8 Å². The van der Waals surface area contributed by atoms with Crippen LogP contribution < -0.4 is 11.1 Å². The number of benzene rings is 2. The summed E-state index contributed by atoms with van der Waals surface area (Å²) in [6.45, 7) is 4.10. The summed E-state index contributed by atoms with van der Waals surface area (Å²) < 4.78 is 5.29. The highest BCUT2D eigenvalue weighted by atomic mass is 32.2. The van der Waals surface area contributed by atoms with Crippen molar-refractivity contribution in [2.45, 2.75) is 38.0 Å². The molecule has 2 aromatic carbocycles. The van der Waals surface area contributed by atoms with Gasteiger partial charge in [0.25, 0.3) is 0 Å². The van der Waals surface area contributed by atoms with Gasteiger partial charge in [0.1, 0.15) is 5.76 Å². The van der Waals surface area contributed by atoms with E-state index in [1.54, 1.807) is 31.0 Å². The van der Waals surface area contributed by atoms with Gasteiger partial charge in [0.2, 0.25) is 12.3 Å². The molecule has 0 aliphatic rings. The summed E-state index contributed by atoms with van der Waals surface area (Å²) >= 11 is 1.77. The molecule has 2 rings (SSSR count). The molecule has 6 heteroatoms. The number of hydrogen-bond donors (Lipinski definition) is 2. The van der Waals surface area contributed by atoms with E-state index in [2.05, 4.69) is 12.2 Å². The summed E-state index contributed by atoms with van der Waals surface area (Å²) in [5.41, 5.74) is 7.83. The number of nitrogens with one attached hydrogen (secondary N) is 1. The molecule has 31 heavy (non-hydrogen) atoms. The fraction of sp³-hybridized carbons (Fsp3) is 0.280. The maximum Gasteiger partial charge on any atom is 0.248 e. The number of anilines is 1. The standard InChI is InChI=1S/C15H19NO2.C10H13NOS/c1-3-7-13(15(16)17)11-14(18-2)10-12-8-5-4-6-9-12;1-2-7-13-10-6-4-3-5-9(10)11-8-12/h4-9,11H,3,10H2,1-2H3,(H2,16,17);3-6,8H,2,7H2,1H3,(H,11,12)/b13-7-,14-11-;. The SMILES string of the molecule is CC/C=C(/C=C(/Cc1ccccc1)OC)C(N)=O.CCCSc1ccccc1NC=O. The van der Waals surface area contributed by atoms with Crippen LogP contribution in [0.25, 0.3) is 0 Å². The number of amides is 2. The summed E-state index contributed by atoms with van der Waals surface area (Å²) in [5.74, 6) is 1.37. The number of hydrogen-bond acceptors (Lipinski definition) is 4. The van der Waals surface area contributed by atoms with Crippen molar-refractivity contribution < 1.29 is 14.3 Å². The normalized spacial score (nSPS) is 11.2. The van der Waals surface area contributed by atoms with E-state index in [1.807, 2.05) is 61.5 Å². The average Bonchev–Trinajstić information content (AvgIpc) is 2.79. The van der Waals surface area contributed by atoms with Gasteiger partial charge in [0.05, 0.1) is 12.8 Å². The first-order valence-corrected chi connectivity index (χ1v) is 11.2. The van der Waals surface area contributed by atoms with Crippen LogP contribution >= 0.6 is 11.8 Å². The van der Waals surface area contributed by atoms with Gasteiger partial charge in [-0.1, -0.05) is 62.4 Å². The molecule has 0 unspecified atom stereocenters. The molecule has 0 spiro atoms. The second kappa shape index (κ2) is 15.8. The van der Waals surface area contributed by atoms with Crippen LogP contribution in [0, 0.1) is 0 Å². The van der Waals surface area contributed by atoms with Gasteiger partial charge in [-0.3, -0.25) is 9.59 Å². The summed E-state index contributed by atoms with van der Waals surface area (Å²) in [6.07, 6.45) is 6.76. The van der Waals surface area contributed by atoms with Crippen molar-refractivity contribution in [3.63, 3.8) is 0 Å². The number of methoxy groups -OCH3 is 1. The van der Waals surface area contributed by atoms with Gasteiger partial charge >= 0.3 is 0 Å². The topological polar surface area (TPSA) is 81.4 Å². The highest BCUT2D eigenvalue weighted by molar-refractivity contribution is 7.99. The van der Waals surface area contributed by atoms with Gasteiger partial charge in [0, 0.05) is 16.9 Å². The number of primary amides is 1. The highest BCUT2D eigenvalue weighted by Crippen LogP contribution is 2.26. The number of para-hydroxylation sites is 1.